The first-order chi connectivity index (χ1) is 7.29. The van der Waals surface area contributed by atoms with Crippen LogP contribution in [-0.2, 0) is 0 Å². The summed E-state index contributed by atoms with van der Waals surface area (Å²) in [5.74, 6) is 0. The second-order valence-electron chi connectivity index (χ2n) is 4.51. The molecule has 3 heteroatoms. The summed E-state index contributed by atoms with van der Waals surface area (Å²) < 4.78 is 2.15. The highest BCUT2D eigenvalue weighted by Gasteiger charge is 2.19. The van der Waals surface area contributed by atoms with Gasteiger partial charge in [-0.25, -0.2) is 0 Å². The number of nitrogens with zero attached hydrogens (tertiary/aromatic N) is 3. The number of aryl methyl sites for hydroxylation is 1. The Morgan fingerprint density at radius 3 is 2.67 bits per heavy atom. The summed E-state index contributed by atoms with van der Waals surface area (Å²) in [4.78, 5) is 2.56. The molecule has 1 aromatic rings. The Balaban J connectivity index is 1.88. The molecular formula is C12H21N3. The lowest BCUT2D eigenvalue weighted by Crippen LogP contribution is -2.35. The zero-order valence-corrected chi connectivity index (χ0v) is 9.82. The molecule has 0 radical (unpaired) electrons. The van der Waals surface area contributed by atoms with Crippen molar-refractivity contribution < 1.29 is 0 Å². The Bertz CT molecular complexity index is 298. The standard InChI is InChI=1S/C12H21N3/c1-3-7-14-8-5-12(6-9-14)15-10-4-11(2)13-15/h4,10,12H,3,5-9H2,1-2H3. The number of rotatable bonds is 3. The Labute approximate surface area is 92.1 Å². The van der Waals surface area contributed by atoms with Gasteiger partial charge in [-0.1, -0.05) is 6.92 Å². The van der Waals surface area contributed by atoms with Gasteiger partial charge in [-0.3, -0.25) is 4.68 Å². The highest BCUT2D eigenvalue weighted by molar-refractivity contribution is 4.96. The van der Waals surface area contributed by atoms with E-state index in [0.717, 1.165) is 5.69 Å². The fourth-order valence-electron chi connectivity index (χ4n) is 2.36. The van der Waals surface area contributed by atoms with Crippen LogP contribution in [-0.4, -0.2) is 34.3 Å². The van der Waals surface area contributed by atoms with Crippen molar-refractivity contribution in [3.05, 3.63) is 18.0 Å². The summed E-state index contributed by atoms with van der Waals surface area (Å²) in [5.41, 5.74) is 1.13. The highest BCUT2D eigenvalue weighted by atomic mass is 15.3. The van der Waals surface area contributed by atoms with Gasteiger partial charge in [0.05, 0.1) is 11.7 Å². The van der Waals surface area contributed by atoms with Crippen LogP contribution in [0.2, 0.25) is 0 Å². The molecule has 1 fully saturated rings. The van der Waals surface area contributed by atoms with E-state index in [1.165, 1.54) is 38.9 Å². The summed E-state index contributed by atoms with van der Waals surface area (Å²) in [6, 6.07) is 2.73. The van der Waals surface area contributed by atoms with Crippen molar-refractivity contribution in [1.29, 1.82) is 0 Å². The first kappa shape index (κ1) is 10.7. The van der Waals surface area contributed by atoms with E-state index in [1.54, 1.807) is 0 Å². The average Bonchev–Trinajstić information content (AvgIpc) is 2.67. The van der Waals surface area contributed by atoms with Gasteiger partial charge in [-0.15, -0.1) is 0 Å². The van der Waals surface area contributed by atoms with Gasteiger partial charge >= 0.3 is 0 Å². The molecule has 2 heterocycles. The fraction of sp³-hybridized carbons (Fsp3) is 0.750. The Hall–Kier alpha value is -0.830. The van der Waals surface area contributed by atoms with Gasteiger partial charge in [0.15, 0.2) is 0 Å². The molecule has 0 aromatic carbocycles. The first-order valence-corrected chi connectivity index (χ1v) is 6.03. The minimum Gasteiger partial charge on any atom is -0.303 e. The van der Waals surface area contributed by atoms with Crippen LogP contribution in [0.5, 0.6) is 0 Å². The molecule has 0 atom stereocenters. The van der Waals surface area contributed by atoms with Crippen LogP contribution in [0.3, 0.4) is 0 Å². The number of hydrogen-bond acceptors (Lipinski definition) is 2. The minimum absolute atomic E-state index is 0.631. The Morgan fingerprint density at radius 2 is 2.13 bits per heavy atom. The molecule has 0 aliphatic carbocycles. The molecule has 1 saturated heterocycles. The van der Waals surface area contributed by atoms with Crippen LogP contribution in [0.15, 0.2) is 12.3 Å². The quantitative estimate of drug-likeness (QED) is 0.758. The molecule has 84 valence electrons. The predicted molar refractivity (Wildman–Crippen MR) is 62.0 cm³/mol. The number of piperidine rings is 1. The van der Waals surface area contributed by atoms with E-state index in [0.29, 0.717) is 6.04 Å². The highest BCUT2D eigenvalue weighted by Crippen LogP contribution is 2.21. The summed E-state index contributed by atoms with van der Waals surface area (Å²) in [6.45, 7) is 8.03. The fourth-order valence-corrected chi connectivity index (χ4v) is 2.36. The van der Waals surface area contributed by atoms with Gasteiger partial charge in [0.25, 0.3) is 0 Å². The summed E-state index contributed by atoms with van der Waals surface area (Å²) >= 11 is 0. The van der Waals surface area contributed by atoms with Gasteiger partial charge in [-0.2, -0.15) is 5.10 Å². The third-order valence-corrected chi connectivity index (χ3v) is 3.21. The molecule has 1 aromatic heterocycles. The van der Waals surface area contributed by atoms with Gasteiger partial charge in [0.1, 0.15) is 0 Å². The average molecular weight is 207 g/mol. The topological polar surface area (TPSA) is 21.1 Å². The number of hydrogen-bond donors (Lipinski definition) is 0. The largest absolute Gasteiger partial charge is 0.303 e. The van der Waals surface area contributed by atoms with E-state index in [2.05, 4.69) is 40.8 Å². The predicted octanol–water partition coefficient (Wildman–Crippen LogP) is 2.24. The second-order valence-corrected chi connectivity index (χ2v) is 4.51. The van der Waals surface area contributed by atoms with Crippen molar-refractivity contribution in [1.82, 2.24) is 14.7 Å². The summed E-state index contributed by atoms with van der Waals surface area (Å²) in [7, 11) is 0. The maximum absolute atomic E-state index is 4.50. The first-order valence-electron chi connectivity index (χ1n) is 6.03. The van der Waals surface area contributed by atoms with E-state index in [9.17, 15) is 0 Å². The van der Waals surface area contributed by atoms with Crippen molar-refractivity contribution >= 4 is 0 Å². The normalized spacial score (nSPS) is 19.6. The van der Waals surface area contributed by atoms with E-state index in [4.69, 9.17) is 0 Å². The van der Waals surface area contributed by atoms with Crippen LogP contribution in [0.25, 0.3) is 0 Å². The smallest absolute Gasteiger partial charge is 0.0593 e. The molecule has 15 heavy (non-hydrogen) atoms. The third-order valence-electron chi connectivity index (χ3n) is 3.21. The van der Waals surface area contributed by atoms with Crippen molar-refractivity contribution in [2.45, 2.75) is 39.2 Å². The molecule has 0 amide bonds. The molecule has 1 aliphatic rings. The molecule has 0 spiro atoms. The molecule has 3 nitrogen and oxygen atoms in total. The Morgan fingerprint density at radius 1 is 1.40 bits per heavy atom. The van der Waals surface area contributed by atoms with Gasteiger partial charge in [-0.05, 0) is 38.8 Å². The van der Waals surface area contributed by atoms with Gasteiger partial charge in [0.2, 0.25) is 0 Å². The number of likely N-dealkylation sites (tertiary alicyclic amines) is 1. The SMILES string of the molecule is CCCN1CCC(n2ccc(C)n2)CC1. The van der Waals surface area contributed by atoms with E-state index in [1.807, 2.05) is 0 Å². The third kappa shape index (κ3) is 2.59. The number of aromatic nitrogens is 2. The lowest BCUT2D eigenvalue weighted by molar-refractivity contribution is 0.180. The molecule has 1 aliphatic heterocycles. The lowest BCUT2D eigenvalue weighted by atomic mass is 10.1. The van der Waals surface area contributed by atoms with Crippen molar-refractivity contribution in [3.63, 3.8) is 0 Å². The lowest BCUT2D eigenvalue weighted by Gasteiger charge is -2.31. The molecule has 0 N–H and O–H groups in total. The molecule has 0 unspecified atom stereocenters. The monoisotopic (exact) mass is 207 g/mol. The van der Waals surface area contributed by atoms with Crippen LogP contribution >= 0.6 is 0 Å². The minimum atomic E-state index is 0.631. The molecule has 0 bridgehead atoms. The Kier molecular flexibility index (Phi) is 3.41. The van der Waals surface area contributed by atoms with Crippen molar-refractivity contribution in [2.75, 3.05) is 19.6 Å². The second kappa shape index (κ2) is 4.79. The maximum atomic E-state index is 4.50. The van der Waals surface area contributed by atoms with Crippen LogP contribution in [0.1, 0.15) is 37.9 Å². The zero-order valence-electron chi connectivity index (χ0n) is 9.82. The van der Waals surface area contributed by atoms with E-state index >= 15 is 0 Å². The molecule has 2 rings (SSSR count). The van der Waals surface area contributed by atoms with Crippen LogP contribution in [0, 0.1) is 6.92 Å². The van der Waals surface area contributed by atoms with Crippen LogP contribution in [0.4, 0.5) is 0 Å². The van der Waals surface area contributed by atoms with Crippen molar-refractivity contribution in [2.24, 2.45) is 0 Å². The molecular weight excluding hydrogens is 186 g/mol. The summed E-state index contributed by atoms with van der Waals surface area (Å²) in [5, 5.41) is 4.50. The van der Waals surface area contributed by atoms with Crippen molar-refractivity contribution in [3.8, 4) is 0 Å². The van der Waals surface area contributed by atoms with Crippen LogP contribution < -0.4 is 0 Å². The van der Waals surface area contributed by atoms with Gasteiger partial charge < -0.3 is 4.90 Å². The zero-order chi connectivity index (χ0) is 10.7. The maximum Gasteiger partial charge on any atom is 0.0593 e. The van der Waals surface area contributed by atoms with Gasteiger partial charge in [0, 0.05) is 19.3 Å². The molecule has 0 saturated carbocycles. The summed E-state index contributed by atoms with van der Waals surface area (Å²) in [6.07, 6.45) is 5.89. The van der Waals surface area contributed by atoms with E-state index < -0.39 is 0 Å². The van der Waals surface area contributed by atoms with E-state index in [-0.39, 0.29) is 0 Å².